The molecule has 0 atom stereocenters. The minimum Gasteiger partial charge on any atom is -0.465 e. The fourth-order valence-corrected chi connectivity index (χ4v) is 6.57. The van der Waals surface area contributed by atoms with Crippen molar-refractivity contribution in [2.24, 2.45) is 0 Å². The van der Waals surface area contributed by atoms with Crippen molar-refractivity contribution in [2.75, 3.05) is 13.4 Å². The summed E-state index contributed by atoms with van der Waals surface area (Å²) in [5, 5.41) is 3.33. The number of hydrogen-bond acceptors (Lipinski definition) is 6. The van der Waals surface area contributed by atoms with Gasteiger partial charge in [0.05, 0.1) is 21.8 Å². The van der Waals surface area contributed by atoms with Gasteiger partial charge in [-0.25, -0.2) is 13.2 Å². The molecule has 0 spiro atoms. The van der Waals surface area contributed by atoms with E-state index in [4.69, 9.17) is 4.74 Å². The Morgan fingerprint density at radius 3 is 2.50 bits per heavy atom. The summed E-state index contributed by atoms with van der Waals surface area (Å²) < 4.78 is 30.8. The van der Waals surface area contributed by atoms with Crippen LogP contribution < -0.4 is 0 Å². The summed E-state index contributed by atoms with van der Waals surface area (Å²) in [6.45, 7) is 0. The number of carbonyl (C=O) groups is 1. The largest absolute Gasteiger partial charge is 0.465 e. The summed E-state index contributed by atoms with van der Waals surface area (Å²) >= 11 is 2.31. The van der Waals surface area contributed by atoms with E-state index in [1.807, 2.05) is 24.3 Å². The Balaban J connectivity index is 2.16. The Kier molecular flexibility index (Phi) is 4.67. The molecule has 124 valence electrons. The first kappa shape index (κ1) is 17.0. The van der Waals surface area contributed by atoms with Gasteiger partial charge in [0.25, 0.3) is 0 Å². The smallest absolute Gasteiger partial charge is 0.349 e. The van der Waals surface area contributed by atoms with Gasteiger partial charge in [0.1, 0.15) is 4.88 Å². The van der Waals surface area contributed by atoms with Crippen LogP contribution in [-0.2, 0) is 14.6 Å². The van der Waals surface area contributed by atoms with Crippen LogP contribution in [0.5, 0.6) is 0 Å². The van der Waals surface area contributed by atoms with Crippen LogP contribution in [0.3, 0.4) is 0 Å². The van der Waals surface area contributed by atoms with Crippen molar-refractivity contribution in [1.29, 1.82) is 0 Å². The summed E-state index contributed by atoms with van der Waals surface area (Å²) in [7, 11) is -2.43. The molecule has 2 aromatic carbocycles. The van der Waals surface area contributed by atoms with Crippen LogP contribution in [0.4, 0.5) is 0 Å². The minimum absolute atomic E-state index is 0.149. The zero-order chi connectivity index (χ0) is 17.3. The number of carbonyl (C=O) groups excluding carboxylic acids is 1. The van der Waals surface area contributed by atoms with E-state index >= 15 is 0 Å². The number of thioether (sulfide) groups is 1. The molecule has 0 saturated carbocycles. The van der Waals surface area contributed by atoms with E-state index in [-0.39, 0.29) is 9.79 Å². The molecule has 0 bridgehead atoms. The average Bonchev–Trinajstić information content (AvgIpc) is 3.05. The highest BCUT2D eigenvalue weighted by Crippen LogP contribution is 2.37. The predicted molar refractivity (Wildman–Crippen MR) is 96.8 cm³/mol. The molecule has 0 aliphatic rings. The summed E-state index contributed by atoms with van der Waals surface area (Å²) in [6, 6.07) is 12.6. The maximum atomic E-state index is 13.0. The van der Waals surface area contributed by atoms with E-state index in [2.05, 4.69) is 0 Å². The molecular weight excluding hydrogens is 364 g/mol. The standard InChI is InChI=1S/C17H14O4S3/c1-21-17(18)16-15(22-2)14(10-23-16)24(19,20)13-8-7-11-5-3-4-6-12(11)9-13/h3-10H,1-2H3. The Morgan fingerprint density at radius 2 is 1.83 bits per heavy atom. The van der Waals surface area contributed by atoms with Gasteiger partial charge in [-0.3, -0.25) is 0 Å². The highest BCUT2D eigenvalue weighted by atomic mass is 32.2. The number of benzene rings is 2. The van der Waals surface area contributed by atoms with Gasteiger partial charge < -0.3 is 4.74 Å². The van der Waals surface area contributed by atoms with E-state index in [0.717, 1.165) is 22.1 Å². The molecule has 1 aromatic heterocycles. The van der Waals surface area contributed by atoms with Gasteiger partial charge in [0.15, 0.2) is 0 Å². The molecule has 0 fully saturated rings. The van der Waals surface area contributed by atoms with E-state index in [1.165, 1.54) is 24.3 Å². The highest BCUT2D eigenvalue weighted by molar-refractivity contribution is 8.00. The molecule has 3 rings (SSSR count). The first-order valence-electron chi connectivity index (χ1n) is 6.96. The van der Waals surface area contributed by atoms with Gasteiger partial charge in [-0.15, -0.1) is 23.1 Å². The number of hydrogen-bond donors (Lipinski definition) is 0. The molecule has 0 unspecified atom stereocenters. The molecule has 0 amide bonds. The number of fused-ring (bicyclic) bond motifs is 1. The van der Waals surface area contributed by atoms with Gasteiger partial charge in [-0.05, 0) is 29.2 Å². The molecule has 0 aliphatic carbocycles. The average molecular weight is 378 g/mol. The lowest BCUT2D eigenvalue weighted by molar-refractivity contribution is 0.0602. The lowest BCUT2D eigenvalue weighted by Crippen LogP contribution is -2.04. The van der Waals surface area contributed by atoms with Crippen LogP contribution in [-0.4, -0.2) is 27.8 Å². The lowest BCUT2D eigenvalue weighted by atomic mass is 10.1. The second kappa shape index (κ2) is 6.58. The summed E-state index contributed by atoms with van der Waals surface area (Å²) in [4.78, 5) is 12.9. The maximum absolute atomic E-state index is 13.0. The van der Waals surface area contributed by atoms with Crippen LogP contribution in [0.15, 0.2) is 62.5 Å². The number of esters is 1. The van der Waals surface area contributed by atoms with Gasteiger partial charge >= 0.3 is 5.97 Å². The molecule has 3 aromatic rings. The second-order valence-electron chi connectivity index (χ2n) is 4.97. The zero-order valence-corrected chi connectivity index (χ0v) is 15.4. The van der Waals surface area contributed by atoms with Crippen LogP contribution in [0, 0.1) is 0 Å². The molecule has 0 N–H and O–H groups in total. The maximum Gasteiger partial charge on any atom is 0.349 e. The first-order chi connectivity index (χ1) is 11.5. The van der Waals surface area contributed by atoms with Crippen LogP contribution >= 0.6 is 23.1 Å². The fourth-order valence-electron chi connectivity index (χ4n) is 2.41. The molecule has 0 radical (unpaired) electrons. The molecule has 24 heavy (non-hydrogen) atoms. The highest BCUT2D eigenvalue weighted by Gasteiger charge is 2.27. The van der Waals surface area contributed by atoms with Gasteiger partial charge in [-0.2, -0.15) is 0 Å². The van der Waals surface area contributed by atoms with E-state index in [1.54, 1.807) is 24.5 Å². The lowest BCUT2D eigenvalue weighted by Gasteiger charge is -2.07. The third-order valence-corrected chi connectivity index (χ3v) is 7.58. The molecule has 0 saturated heterocycles. The second-order valence-corrected chi connectivity index (χ2v) is 8.58. The van der Waals surface area contributed by atoms with E-state index < -0.39 is 15.8 Å². The van der Waals surface area contributed by atoms with E-state index in [9.17, 15) is 13.2 Å². The Morgan fingerprint density at radius 1 is 1.12 bits per heavy atom. The Hall–Kier alpha value is -1.83. The van der Waals surface area contributed by atoms with Crippen molar-refractivity contribution in [2.45, 2.75) is 14.7 Å². The monoisotopic (exact) mass is 378 g/mol. The zero-order valence-electron chi connectivity index (χ0n) is 13.0. The topological polar surface area (TPSA) is 60.4 Å². The van der Waals surface area contributed by atoms with Gasteiger partial charge in [0.2, 0.25) is 9.84 Å². The number of methoxy groups -OCH3 is 1. The van der Waals surface area contributed by atoms with Crippen LogP contribution in [0.1, 0.15) is 9.67 Å². The quantitative estimate of drug-likeness (QED) is 0.502. The normalized spacial score (nSPS) is 11.6. The van der Waals surface area contributed by atoms with Crippen molar-refractivity contribution in [1.82, 2.24) is 0 Å². The first-order valence-corrected chi connectivity index (χ1v) is 10.6. The molecule has 7 heteroatoms. The third-order valence-electron chi connectivity index (χ3n) is 3.61. The third kappa shape index (κ3) is 2.83. The van der Waals surface area contributed by atoms with Crippen molar-refractivity contribution in [3.05, 3.63) is 52.7 Å². The van der Waals surface area contributed by atoms with Crippen molar-refractivity contribution in [3.63, 3.8) is 0 Å². The molecular formula is C17H14O4S3. The SMILES string of the molecule is COC(=O)c1scc(S(=O)(=O)c2ccc3ccccc3c2)c1SC. The van der Waals surface area contributed by atoms with Gasteiger partial charge in [-0.1, -0.05) is 30.3 Å². The Labute approximate surface area is 148 Å². The molecule has 1 heterocycles. The van der Waals surface area contributed by atoms with Crippen molar-refractivity contribution >= 4 is 49.7 Å². The Bertz CT molecular complexity index is 1020. The summed E-state index contributed by atoms with van der Waals surface area (Å²) in [6.07, 6.45) is 1.74. The number of rotatable bonds is 4. The number of ether oxygens (including phenoxy) is 1. The minimum atomic E-state index is -3.71. The molecule has 0 aliphatic heterocycles. The van der Waals surface area contributed by atoms with Crippen LogP contribution in [0.2, 0.25) is 0 Å². The molecule has 4 nitrogen and oxygen atoms in total. The van der Waals surface area contributed by atoms with E-state index in [0.29, 0.717) is 9.77 Å². The number of sulfone groups is 1. The van der Waals surface area contributed by atoms with Gasteiger partial charge in [0, 0.05) is 5.38 Å². The summed E-state index contributed by atoms with van der Waals surface area (Å²) in [5.74, 6) is -0.524. The van der Waals surface area contributed by atoms with Crippen molar-refractivity contribution < 1.29 is 17.9 Å². The van der Waals surface area contributed by atoms with Crippen LogP contribution in [0.25, 0.3) is 10.8 Å². The number of thiophene rings is 1. The fraction of sp³-hybridized carbons (Fsp3) is 0.118. The van der Waals surface area contributed by atoms with Crippen molar-refractivity contribution in [3.8, 4) is 0 Å². The predicted octanol–water partition coefficient (Wildman–Crippen LogP) is 4.24. The summed E-state index contributed by atoms with van der Waals surface area (Å²) in [5.41, 5.74) is 0.